The van der Waals surface area contributed by atoms with Crippen LogP contribution in [-0.2, 0) is 0 Å². The minimum atomic E-state index is -0.901. The molecule has 5 nitrogen and oxygen atoms in total. The molecule has 0 saturated carbocycles. The van der Waals surface area contributed by atoms with Crippen LogP contribution in [0.1, 0.15) is 17.2 Å². The topological polar surface area (TPSA) is 74.2 Å². The monoisotopic (exact) mass is 289 g/mol. The lowest BCUT2D eigenvalue weighted by Crippen LogP contribution is -2.32. The number of amides is 2. The van der Waals surface area contributed by atoms with Crippen LogP contribution in [0.3, 0.4) is 0 Å². The van der Waals surface area contributed by atoms with Gasteiger partial charge in [-0.15, -0.1) is 0 Å². The number of hydrogen-bond acceptors (Lipinski definition) is 3. The zero-order valence-electron chi connectivity index (χ0n) is 11.5. The van der Waals surface area contributed by atoms with Gasteiger partial charge in [-0.05, 0) is 36.2 Å². The van der Waals surface area contributed by atoms with E-state index in [1.165, 1.54) is 24.3 Å². The lowest BCUT2D eigenvalue weighted by molar-refractivity contribution is 0.175. The van der Waals surface area contributed by atoms with E-state index in [0.717, 1.165) is 5.56 Å². The van der Waals surface area contributed by atoms with Gasteiger partial charge in [0, 0.05) is 12.7 Å². The minimum absolute atomic E-state index is 0.0172. The zero-order chi connectivity index (χ0) is 15.2. The Kier molecular flexibility index (Phi) is 4.84. The number of carbonyl (C=O) groups excluding carboxylic acids is 1. The number of aromatic nitrogens is 1. The normalized spacial score (nSPS) is 11.8. The molecule has 0 saturated heterocycles. The Morgan fingerprint density at radius 1 is 1.29 bits per heavy atom. The van der Waals surface area contributed by atoms with E-state index >= 15 is 0 Å². The van der Waals surface area contributed by atoms with Gasteiger partial charge in [-0.2, -0.15) is 0 Å². The summed E-state index contributed by atoms with van der Waals surface area (Å²) in [6, 6.07) is 8.51. The first-order valence-electron chi connectivity index (χ1n) is 6.45. The molecule has 2 amide bonds. The minimum Gasteiger partial charge on any atom is -0.387 e. The third-order valence-electron chi connectivity index (χ3n) is 2.86. The number of halogens is 1. The fraction of sp³-hybridized carbons (Fsp3) is 0.200. The molecule has 0 unspecified atom stereocenters. The fourth-order valence-corrected chi connectivity index (χ4v) is 1.69. The predicted octanol–water partition coefficient (Wildman–Crippen LogP) is 2.38. The van der Waals surface area contributed by atoms with E-state index in [0.29, 0.717) is 11.4 Å². The molecule has 2 aromatic rings. The van der Waals surface area contributed by atoms with Crippen LogP contribution in [0.4, 0.5) is 15.0 Å². The summed E-state index contributed by atoms with van der Waals surface area (Å²) in [4.78, 5) is 15.7. The lowest BCUT2D eigenvalue weighted by Gasteiger charge is -2.12. The number of benzene rings is 1. The second kappa shape index (κ2) is 6.81. The maximum absolute atomic E-state index is 12.8. The Morgan fingerprint density at radius 2 is 2.00 bits per heavy atom. The van der Waals surface area contributed by atoms with Crippen molar-refractivity contribution >= 4 is 11.8 Å². The Balaban J connectivity index is 1.83. The molecule has 0 bridgehead atoms. The van der Waals surface area contributed by atoms with E-state index in [2.05, 4.69) is 15.6 Å². The smallest absolute Gasteiger partial charge is 0.320 e. The van der Waals surface area contributed by atoms with Crippen LogP contribution in [-0.4, -0.2) is 22.7 Å². The van der Waals surface area contributed by atoms with Crippen molar-refractivity contribution < 1.29 is 14.3 Å². The summed E-state index contributed by atoms with van der Waals surface area (Å²) < 4.78 is 12.8. The molecule has 0 spiro atoms. The largest absolute Gasteiger partial charge is 0.387 e. The molecule has 0 fully saturated rings. The molecule has 6 heteroatoms. The highest BCUT2D eigenvalue weighted by Crippen LogP contribution is 2.12. The van der Waals surface area contributed by atoms with E-state index in [-0.39, 0.29) is 12.4 Å². The standard InChI is InChI=1S/C15H16FN3O2/c1-10-2-7-14(17-8-10)19-15(21)18-9-13(20)11-3-5-12(16)6-4-11/h2-8,13,20H,9H2,1H3,(H2,17,18,19,21)/t13-/m0/s1. The summed E-state index contributed by atoms with van der Waals surface area (Å²) in [5.74, 6) is 0.0523. The van der Waals surface area contributed by atoms with Crippen LogP contribution in [0.15, 0.2) is 42.6 Å². The first-order valence-corrected chi connectivity index (χ1v) is 6.45. The highest BCUT2D eigenvalue weighted by molar-refractivity contribution is 5.88. The summed E-state index contributed by atoms with van der Waals surface area (Å²) in [7, 11) is 0. The average Bonchev–Trinajstić information content (AvgIpc) is 2.48. The molecule has 110 valence electrons. The van der Waals surface area contributed by atoms with Crippen LogP contribution in [0.2, 0.25) is 0 Å². The van der Waals surface area contributed by atoms with Crippen LogP contribution in [0.5, 0.6) is 0 Å². The number of anilines is 1. The van der Waals surface area contributed by atoms with Crippen LogP contribution >= 0.6 is 0 Å². The molecule has 1 heterocycles. The molecule has 0 aliphatic heterocycles. The molecule has 2 rings (SSSR count). The summed E-state index contributed by atoms with van der Waals surface area (Å²) in [5, 5.41) is 15.0. The number of aryl methyl sites for hydroxylation is 1. The second-order valence-electron chi connectivity index (χ2n) is 4.62. The van der Waals surface area contributed by atoms with E-state index in [4.69, 9.17) is 0 Å². The number of pyridine rings is 1. The summed E-state index contributed by atoms with van der Waals surface area (Å²) >= 11 is 0. The number of carbonyl (C=O) groups is 1. The van der Waals surface area contributed by atoms with Crippen molar-refractivity contribution in [3.63, 3.8) is 0 Å². The van der Waals surface area contributed by atoms with Gasteiger partial charge in [-0.3, -0.25) is 5.32 Å². The summed E-state index contributed by atoms with van der Waals surface area (Å²) in [6.45, 7) is 1.92. The van der Waals surface area contributed by atoms with Crippen molar-refractivity contribution in [3.8, 4) is 0 Å². The van der Waals surface area contributed by atoms with Crippen molar-refractivity contribution in [2.45, 2.75) is 13.0 Å². The Hall–Kier alpha value is -2.47. The van der Waals surface area contributed by atoms with Crippen LogP contribution in [0, 0.1) is 12.7 Å². The van der Waals surface area contributed by atoms with E-state index in [1.807, 2.05) is 13.0 Å². The van der Waals surface area contributed by atoms with Crippen molar-refractivity contribution in [1.82, 2.24) is 10.3 Å². The van der Waals surface area contributed by atoms with Crippen molar-refractivity contribution in [2.24, 2.45) is 0 Å². The maximum atomic E-state index is 12.8. The number of urea groups is 1. The molecule has 0 aliphatic carbocycles. The third-order valence-corrected chi connectivity index (χ3v) is 2.86. The van der Waals surface area contributed by atoms with Crippen molar-refractivity contribution in [2.75, 3.05) is 11.9 Å². The lowest BCUT2D eigenvalue weighted by atomic mass is 10.1. The summed E-state index contributed by atoms with van der Waals surface area (Å²) in [6.07, 6.45) is 0.741. The quantitative estimate of drug-likeness (QED) is 0.809. The van der Waals surface area contributed by atoms with Gasteiger partial charge in [-0.25, -0.2) is 14.2 Å². The van der Waals surface area contributed by atoms with Gasteiger partial charge in [0.15, 0.2) is 0 Å². The van der Waals surface area contributed by atoms with Gasteiger partial charge in [0.1, 0.15) is 11.6 Å². The predicted molar refractivity (Wildman–Crippen MR) is 77.4 cm³/mol. The van der Waals surface area contributed by atoms with Crippen molar-refractivity contribution in [1.29, 1.82) is 0 Å². The second-order valence-corrected chi connectivity index (χ2v) is 4.62. The maximum Gasteiger partial charge on any atom is 0.320 e. The number of nitrogens with one attached hydrogen (secondary N) is 2. The number of hydrogen-bond donors (Lipinski definition) is 3. The average molecular weight is 289 g/mol. The molecule has 1 atom stereocenters. The SMILES string of the molecule is Cc1ccc(NC(=O)NC[C@H](O)c2ccc(F)cc2)nc1. The van der Waals surface area contributed by atoms with E-state index < -0.39 is 12.1 Å². The number of rotatable bonds is 4. The number of aliphatic hydroxyl groups is 1. The van der Waals surface area contributed by atoms with Gasteiger partial charge < -0.3 is 10.4 Å². The summed E-state index contributed by atoms with van der Waals surface area (Å²) in [5.41, 5.74) is 1.53. The zero-order valence-corrected chi connectivity index (χ0v) is 11.5. The highest BCUT2D eigenvalue weighted by atomic mass is 19.1. The first-order chi connectivity index (χ1) is 10.0. The number of aliphatic hydroxyl groups excluding tert-OH is 1. The third kappa shape index (κ3) is 4.54. The van der Waals surface area contributed by atoms with Gasteiger partial charge in [0.05, 0.1) is 6.10 Å². The molecule has 1 aromatic heterocycles. The first kappa shape index (κ1) is 14.9. The molecular weight excluding hydrogens is 273 g/mol. The molecule has 0 radical (unpaired) electrons. The van der Waals surface area contributed by atoms with Gasteiger partial charge >= 0.3 is 6.03 Å². The Morgan fingerprint density at radius 3 is 2.62 bits per heavy atom. The van der Waals surface area contributed by atoms with Crippen LogP contribution in [0.25, 0.3) is 0 Å². The van der Waals surface area contributed by atoms with Gasteiger partial charge in [0.25, 0.3) is 0 Å². The Bertz CT molecular complexity index is 599. The van der Waals surface area contributed by atoms with Crippen molar-refractivity contribution in [3.05, 3.63) is 59.5 Å². The molecular formula is C15H16FN3O2. The molecule has 21 heavy (non-hydrogen) atoms. The van der Waals surface area contributed by atoms with E-state index in [9.17, 15) is 14.3 Å². The Labute approximate surface area is 121 Å². The fourth-order valence-electron chi connectivity index (χ4n) is 1.69. The molecule has 3 N–H and O–H groups in total. The van der Waals surface area contributed by atoms with Gasteiger partial charge in [0.2, 0.25) is 0 Å². The van der Waals surface area contributed by atoms with Crippen LogP contribution < -0.4 is 10.6 Å². The number of nitrogens with zero attached hydrogens (tertiary/aromatic N) is 1. The molecule has 1 aromatic carbocycles. The highest BCUT2D eigenvalue weighted by Gasteiger charge is 2.10. The van der Waals surface area contributed by atoms with Gasteiger partial charge in [-0.1, -0.05) is 18.2 Å². The van der Waals surface area contributed by atoms with E-state index in [1.54, 1.807) is 12.3 Å². The molecule has 0 aliphatic rings.